The number of sulfone groups is 1. The first-order chi connectivity index (χ1) is 14.4. The summed E-state index contributed by atoms with van der Waals surface area (Å²) in [6.07, 6.45) is -1.66. The van der Waals surface area contributed by atoms with Gasteiger partial charge < -0.3 is 10.1 Å². The van der Waals surface area contributed by atoms with E-state index in [-0.39, 0.29) is 27.4 Å². The number of carbonyl (C=O) groups excluding carboxylic acids is 1. The Hall–Kier alpha value is -2.45. The maximum Gasteiger partial charge on any atom is 0.432 e. The van der Waals surface area contributed by atoms with Gasteiger partial charge in [0.2, 0.25) is 0 Å². The van der Waals surface area contributed by atoms with Crippen LogP contribution < -0.4 is 5.32 Å². The monoisotopic (exact) mass is 494 g/mol. The molecule has 0 aliphatic rings. The normalized spacial score (nSPS) is 12.5. The minimum Gasteiger partial charge on any atom is -0.453 e. The number of nitrogens with zero attached hydrogens (tertiary/aromatic N) is 2. The van der Waals surface area contributed by atoms with Crippen LogP contribution in [0.1, 0.15) is 5.01 Å². The van der Waals surface area contributed by atoms with Gasteiger partial charge in [-0.1, -0.05) is 12.1 Å². The van der Waals surface area contributed by atoms with E-state index < -0.39 is 34.2 Å². The maximum absolute atomic E-state index is 12.8. The lowest BCUT2D eigenvalue weighted by atomic mass is 10.2. The fourth-order valence-corrected chi connectivity index (χ4v) is 3.67. The highest BCUT2D eigenvalue weighted by Gasteiger charge is 2.33. The molecule has 0 atom stereocenters. The number of hydrogen-bond acceptors (Lipinski definition) is 10. The van der Waals surface area contributed by atoms with Crippen LogP contribution in [0.2, 0.25) is 0 Å². The van der Waals surface area contributed by atoms with Crippen molar-refractivity contribution in [1.82, 2.24) is 14.7 Å². The quantitative estimate of drug-likeness (QED) is 0.310. The number of allylic oxidation sites excluding steroid dienone is 1. The molecule has 0 spiro atoms. The van der Waals surface area contributed by atoms with Crippen molar-refractivity contribution in [2.45, 2.75) is 11.1 Å². The van der Waals surface area contributed by atoms with Crippen molar-refractivity contribution in [3.63, 3.8) is 0 Å². The molecule has 1 aromatic carbocycles. The van der Waals surface area contributed by atoms with E-state index in [2.05, 4.69) is 14.7 Å². The van der Waals surface area contributed by atoms with Crippen LogP contribution in [0.15, 0.2) is 35.2 Å². The molecular weight excluding hydrogens is 477 g/mol. The summed E-state index contributed by atoms with van der Waals surface area (Å²) in [7, 11) is -3.48. The molecule has 0 bridgehead atoms. The molecule has 0 aliphatic carbocycles. The fourth-order valence-electron chi connectivity index (χ4n) is 2.07. The summed E-state index contributed by atoms with van der Waals surface area (Å²) < 4.78 is 70.9. The number of rotatable bonds is 9. The summed E-state index contributed by atoms with van der Waals surface area (Å²) in [5, 5.41) is 9.69. The van der Waals surface area contributed by atoms with Gasteiger partial charge in [0, 0.05) is 11.8 Å². The number of ether oxygens (including phenoxy) is 1. The Morgan fingerprint density at radius 1 is 1.39 bits per heavy atom. The number of nitrogens with one attached hydrogen (secondary N) is 2. The molecule has 0 unspecified atom stereocenters. The van der Waals surface area contributed by atoms with Crippen LogP contribution in [0.5, 0.6) is 0 Å². The number of hydrogen-bond donors (Lipinski definition) is 2. The van der Waals surface area contributed by atoms with Gasteiger partial charge in [-0.05, 0) is 36.0 Å². The number of benzene rings is 1. The van der Waals surface area contributed by atoms with E-state index in [1.165, 1.54) is 30.0 Å². The van der Waals surface area contributed by atoms with Crippen LogP contribution in [0.3, 0.4) is 0 Å². The molecule has 2 aromatic rings. The van der Waals surface area contributed by atoms with E-state index in [0.29, 0.717) is 11.6 Å². The molecular formula is C17H17F3N4O4S3. The minimum atomic E-state index is -4.90. The van der Waals surface area contributed by atoms with Gasteiger partial charge in [0.05, 0.1) is 10.6 Å². The molecule has 1 heterocycles. The van der Waals surface area contributed by atoms with Crippen molar-refractivity contribution < 1.29 is 31.1 Å². The predicted molar refractivity (Wildman–Crippen MR) is 113 cm³/mol. The van der Waals surface area contributed by atoms with Crippen LogP contribution in [0.4, 0.5) is 13.2 Å². The molecule has 0 saturated heterocycles. The molecule has 2 N–H and O–H groups in total. The van der Waals surface area contributed by atoms with Gasteiger partial charge >= 0.3 is 12.1 Å². The lowest BCUT2D eigenvalue weighted by Crippen LogP contribution is -2.26. The standard InChI is InChI=1S/C17H17F3N4O4S3/c1-29-9-28-14(25)8-22-12(7-13(21)17(18,19)20)16-23-15(24-30-16)10-4-3-5-11(6-10)31(2,26)27/h3-7,21-22H,8-9H2,1-2H3/b12-7-,21-13?. The third-order valence-corrected chi connectivity index (χ3v) is 5.74. The van der Waals surface area contributed by atoms with Gasteiger partial charge in [-0.2, -0.15) is 17.5 Å². The first kappa shape index (κ1) is 24.8. The van der Waals surface area contributed by atoms with E-state index in [1.54, 1.807) is 12.3 Å². The summed E-state index contributed by atoms with van der Waals surface area (Å²) in [5.74, 6) is -0.538. The number of halogens is 3. The smallest absolute Gasteiger partial charge is 0.432 e. The van der Waals surface area contributed by atoms with Crippen molar-refractivity contribution in [3.8, 4) is 11.4 Å². The molecule has 1 aromatic heterocycles. The molecule has 2 rings (SSSR count). The van der Waals surface area contributed by atoms with E-state index in [9.17, 15) is 26.4 Å². The van der Waals surface area contributed by atoms with Crippen LogP contribution in [0.25, 0.3) is 17.1 Å². The highest BCUT2D eigenvalue weighted by Crippen LogP contribution is 2.25. The summed E-state index contributed by atoms with van der Waals surface area (Å²) in [6, 6.07) is 5.77. The van der Waals surface area contributed by atoms with Crippen molar-refractivity contribution in [2.24, 2.45) is 0 Å². The van der Waals surface area contributed by atoms with E-state index in [0.717, 1.165) is 17.8 Å². The van der Waals surface area contributed by atoms with E-state index in [1.807, 2.05) is 0 Å². The van der Waals surface area contributed by atoms with Crippen LogP contribution >= 0.6 is 23.3 Å². The van der Waals surface area contributed by atoms with Gasteiger partial charge in [0.1, 0.15) is 18.2 Å². The summed E-state index contributed by atoms with van der Waals surface area (Å²) >= 11 is 1.97. The Kier molecular flexibility index (Phi) is 8.20. The Labute approximate surface area is 184 Å². The number of aromatic nitrogens is 2. The molecule has 31 heavy (non-hydrogen) atoms. The number of thioether (sulfide) groups is 1. The first-order valence-electron chi connectivity index (χ1n) is 8.32. The largest absolute Gasteiger partial charge is 0.453 e. The minimum absolute atomic E-state index is 0.0218. The van der Waals surface area contributed by atoms with Crippen LogP contribution in [-0.2, 0) is 19.4 Å². The second-order valence-corrected chi connectivity index (χ2v) is 9.55. The first-order valence-corrected chi connectivity index (χ1v) is 12.4. The second kappa shape index (κ2) is 10.2. The molecule has 0 radical (unpaired) electrons. The average molecular weight is 495 g/mol. The lowest BCUT2D eigenvalue weighted by molar-refractivity contribution is -0.140. The van der Waals surface area contributed by atoms with Crippen LogP contribution in [-0.4, -0.2) is 60.6 Å². The van der Waals surface area contributed by atoms with Gasteiger partial charge in [0.15, 0.2) is 20.7 Å². The summed E-state index contributed by atoms with van der Waals surface area (Å²) in [4.78, 5) is 15.9. The topological polar surface area (TPSA) is 122 Å². The predicted octanol–water partition coefficient (Wildman–Crippen LogP) is 2.98. The van der Waals surface area contributed by atoms with Gasteiger partial charge in [-0.25, -0.2) is 13.4 Å². The maximum atomic E-state index is 12.8. The van der Waals surface area contributed by atoms with Crippen molar-refractivity contribution in [1.29, 1.82) is 5.41 Å². The second-order valence-electron chi connectivity index (χ2n) is 5.97. The Morgan fingerprint density at radius 3 is 2.71 bits per heavy atom. The van der Waals surface area contributed by atoms with Crippen molar-refractivity contribution in [2.75, 3.05) is 25.0 Å². The summed E-state index contributed by atoms with van der Waals surface area (Å²) in [6.45, 7) is -0.448. The highest BCUT2D eigenvalue weighted by molar-refractivity contribution is 7.98. The number of alkyl halides is 3. The SMILES string of the molecule is CSCOC(=O)CN/C(=C\C(=N)C(F)(F)F)c1nc(-c2cccc(S(C)(=O)=O)c2)ns1. The zero-order valence-corrected chi connectivity index (χ0v) is 18.6. The lowest BCUT2D eigenvalue weighted by Gasteiger charge is -2.10. The van der Waals surface area contributed by atoms with E-state index >= 15 is 0 Å². The fraction of sp³-hybridized carbons (Fsp3) is 0.294. The summed E-state index contributed by atoms with van der Waals surface area (Å²) in [5.41, 5.74) is -1.55. The average Bonchev–Trinajstić information content (AvgIpc) is 3.18. The Morgan fingerprint density at radius 2 is 2.10 bits per heavy atom. The van der Waals surface area contributed by atoms with Crippen LogP contribution in [0, 0.1) is 5.41 Å². The highest BCUT2D eigenvalue weighted by atomic mass is 32.2. The molecule has 14 heteroatoms. The van der Waals surface area contributed by atoms with Crippen molar-refractivity contribution in [3.05, 3.63) is 35.3 Å². The molecule has 0 saturated carbocycles. The number of carbonyl (C=O) groups is 1. The molecule has 0 aliphatic heterocycles. The third-order valence-electron chi connectivity index (χ3n) is 3.53. The molecule has 8 nitrogen and oxygen atoms in total. The zero-order chi connectivity index (χ0) is 23.2. The zero-order valence-electron chi connectivity index (χ0n) is 16.2. The molecule has 168 valence electrons. The Bertz CT molecular complexity index is 1100. The Balaban J connectivity index is 2.35. The van der Waals surface area contributed by atoms with E-state index in [4.69, 9.17) is 10.1 Å². The molecule has 0 amide bonds. The van der Waals surface area contributed by atoms with Gasteiger partial charge in [0.25, 0.3) is 0 Å². The number of esters is 1. The van der Waals surface area contributed by atoms with Gasteiger partial charge in [-0.15, -0.1) is 11.8 Å². The molecule has 0 fully saturated rings. The van der Waals surface area contributed by atoms with Crippen molar-refractivity contribution >= 4 is 50.5 Å². The van der Waals surface area contributed by atoms with Gasteiger partial charge in [-0.3, -0.25) is 10.2 Å². The third kappa shape index (κ3) is 7.33.